The molecule has 1 unspecified atom stereocenters. The van der Waals surface area contributed by atoms with Gasteiger partial charge in [0.15, 0.2) is 0 Å². The number of fused-ring (bicyclic) bond motifs is 1. The Morgan fingerprint density at radius 3 is 2.50 bits per heavy atom. The van der Waals surface area contributed by atoms with E-state index in [0.717, 1.165) is 17.3 Å². The highest BCUT2D eigenvalue weighted by Gasteiger charge is 2.30. The molecule has 0 aliphatic carbocycles. The molecular weight excluding hydrogens is 258 g/mol. The Bertz CT molecular complexity index is 578. The normalized spacial score (nSPS) is 12.1. The molecule has 2 rings (SSSR count). The molecule has 0 aliphatic heterocycles. The van der Waals surface area contributed by atoms with Crippen LogP contribution < -0.4 is 0 Å². The quantitative estimate of drug-likeness (QED) is 0.746. The molecule has 0 bridgehead atoms. The third-order valence-corrected chi connectivity index (χ3v) is 3.28. The second-order valence-corrected chi connectivity index (χ2v) is 4.47. The van der Waals surface area contributed by atoms with E-state index in [9.17, 15) is 13.2 Å². The molecule has 1 atom stereocenters. The molecule has 1 aromatic carbocycles. The predicted octanol–water partition coefficient (Wildman–Crippen LogP) is 4.19. The Hall–Kier alpha value is -1.15. The molecule has 0 fully saturated rings. The number of benzene rings is 1. The lowest BCUT2D eigenvalue weighted by Crippen LogP contribution is -2.05. The van der Waals surface area contributed by atoms with E-state index in [-0.39, 0.29) is 0 Å². The van der Waals surface area contributed by atoms with E-state index >= 15 is 0 Å². The third-order valence-electron chi connectivity index (χ3n) is 2.86. The van der Waals surface area contributed by atoms with Gasteiger partial charge in [-0.3, -0.25) is 4.98 Å². The minimum absolute atomic E-state index is 0.592. The van der Waals surface area contributed by atoms with Crippen LogP contribution in [0.3, 0.4) is 0 Å². The number of aromatic nitrogens is 1. The first-order chi connectivity index (χ1) is 8.45. The van der Waals surface area contributed by atoms with Gasteiger partial charge in [-0.15, -0.1) is 9.24 Å². The summed E-state index contributed by atoms with van der Waals surface area (Å²) in [6, 6.07) is 5.59. The smallest absolute Gasteiger partial charge is 0.252 e. The molecule has 96 valence electrons. The van der Waals surface area contributed by atoms with Crippen LogP contribution in [-0.4, -0.2) is 4.98 Å². The standard InChI is InChI=1S/C13H13F3NP/c1-2-8-5-10(7-18)17-12-4-3-9(6-11(8)12)13(14,15)16/h3-6H,2,7,18H2,1H3. The minimum atomic E-state index is -4.31. The molecule has 0 N–H and O–H groups in total. The van der Waals surface area contributed by atoms with Gasteiger partial charge in [0.25, 0.3) is 0 Å². The largest absolute Gasteiger partial charge is 0.416 e. The van der Waals surface area contributed by atoms with Gasteiger partial charge in [0.1, 0.15) is 0 Å². The van der Waals surface area contributed by atoms with Crippen molar-refractivity contribution in [2.24, 2.45) is 0 Å². The van der Waals surface area contributed by atoms with E-state index in [0.29, 0.717) is 23.5 Å². The van der Waals surface area contributed by atoms with Crippen molar-refractivity contribution < 1.29 is 13.2 Å². The molecule has 2 aromatic rings. The third kappa shape index (κ3) is 2.49. The summed E-state index contributed by atoms with van der Waals surface area (Å²) in [5.41, 5.74) is 1.79. The first-order valence-corrected chi connectivity index (χ1v) is 6.47. The summed E-state index contributed by atoms with van der Waals surface area (Å²) in [7, 11) is 2.57. The van der Waals surface area contributed by atoms with Crippen LogP contribution in [0, 0.1) is 0 Å². The molecule has 5 heteroatoms. The number of nitrogens with zero attached hydrogens (tertiary/aromatic N) is 1. The van der Waals surface area contributed by atoms with Gasteiger partial charge in [0, 0.05) is 17.2 Å². The fourth-order valence-corrected chi connectivity index (χ4v) is 2.14. The molecular formula is C13H13F3NP. The van der Waals surface area contributed by atoms with Crippen LogP contribution in [0.1, 0.15) is 23.7 Å². The number of halogens is 3. The summed E-state index contributed by atoms with van der Waals surface area (Å²) in [4.78, 5) is 4.34. The first-order valence-electron chi connectivity index (χ1n) is 5.65. The van der Waals surface area contributed by atoms with Crippen molar-refractivity contribution in [1.29, 1.82) is 0 Å². The molecule has 0 radical (unpaired) electrons. The number of aryl methyl sites for hydroxylation is 1. The number of rotatable bonds is 2. The lowest BCUT2D eigenvalue weighted by Gasteiger charge is -2.11. The van der Waals surface area contributed by atoms with Crippen LogP contribution in [-0.2, 0) is 18.8 Å². The van der Waals surface area contributed by atoms with E-state index in [2.05, 4.69) is 14.2 Å². The monoisotopic (exact) mass is 271 g/mol. The number of pyridine rings is 1. The highest BCUT2D eigenvalue weighted by Crippen LogP contribution is 2.32. The lowest BCUT2D eigenvalue weighted by atomic mass is 10.0. The van der Waals surface area contributed by atoms with E-state index in [4.69, 9.17) is 0 Å². The van der Waals surface area contributed by atoms with Gasteiger partial charge in [-0.1, -0.05) is 6.92 Å². The molecule has 0 saturated heterocycles. The summed E-state index contributed by atoms with van der Waals surface area (Å²) in [5.74, 6) is 0. The maximum absolute atomic E-state index is 12.7. The zero-order valence-electron chi connectivity index (χ0n) is 9.88. The maximum atomic E-state index is 12.7. The Morgan fingerprint density at radius 2 is 1.94 bits per heavy atom. The average molecular weight is 271 g/mol. The van der Waals surface area contributed by atoms with Gasteiger partial charge in [0.05, 0.1) is 11.1 Å². The van der Waals surface area contributed by atoms with E-state index in [1.54, 1.807) is 0 Å². The molecule has 18 heavy (non-hydrogen) atoms. The van der Waals surface area contributed by atoms with Crippen LogP contribution in [0.25, 0.3) is 10.9 Å². The molecule has 0 aliphatic rings. The van der Waals surface area contributed by atoms with Gasteiger partial charge in [-0.2, -0.15) is 13.2 Å². The zero-order chi connectivity index (χ0) is 13.3. The average Bonchev–Trinajstić information content (AvgIpc) is 2.35. The van der Waals surface area contributed by atoms with Gasteiger partial charge in [0.2, 0.25) is 0 Å². The van der Waals surface area contributed by atoms with Crippen LogP contribution in [0.5, 0.6) is 0 Å². The molecule has 1 nitrogen and oxygen atoms in total. The van der Waals surface area contributed by atoms with Gasteiger partial charge >= 0.3 is 6.18 Å². The predicted molar refractivity (Wildman–Crippen MR) is 69.5 cm³/mol. The topological polar surface area (TPSA) is 12.9 Å². The molecule has 0 spiro atoms. The van der Waals surface area contributed by atoms with Gasteiger partial charge in [-0.25, -0.2) is 0 Å². The SMILES string of the molecule is CCc1cc(CP)nc2ccc(C(F)(F)F)cc12. The Labute approximate surface area is 106 Å². The molecule has 0 amide bonds. The van der Waals surface area contributed by atoms with Crippen molar-refractivity contribution in [3.8, 4) is 0 Å². The summed E-state index contributed by atoms with van der Waals surface area (Å²) in [6.45, 7) is 1.93. The molecule has 1 aromatic heterocycles. The number of hydrogen-bond acceptors (Lipinski definition) is 1. The summed E-state index contributed by atoms with van der Waals surface area (Å²) >= 11 is 0. The summed E-state index contributed by atoms with van der Waals surface area (Å²) in [5, 5.41) is 0.592. The first kappa shape index (κ1) is 13.3. The Kier molecular flexibility index (Phi) is 3.58. The second-order valence-electron chi connectivity index (χ2n) is 4.06. The maximum Gasteiger partial charge on any atom is 0.416 e. The highest BCUT2D eigenvalue weighted by atomic mass is 31.0. The van der Waals surface area contributed by atoms with E-state index < -0.39 is 11.7 Å². The Balaban J connectivity index is 2.69. The summed E-state index contributed by atoms with van der Waals surface area (Å²) in [6.07, 6.45) is -2.92. The molecule has 1 heterocycles. The van der Waals surface area contributed by atoms with Crippen molar-refractivity contribution in [1.82, 2.24) is 4.98 Å². The fourth-order valence-electron chi connectivity index (χ4n) is 1.93. The van der Waals surface area contributed by atoms with Crippen LogP contribution >= 0.6 is 9.24 Å². The second kappa shape index (κ2) is 4.85. The van der Waals surface area contributed by atoms with Crippen molar-refractivity contribution in [2.45, 2.75) is 25.7 Å². The van der Waals surface area contributed by atoms with Crippen LogP contribution in [0.15, 0.2) is 24.3 Å². The Morgan fingerprint density at radius 1 is 1.22 bits per heavy atom. The minimum Gasteiger partial charge on any atom is -0.252 e. The fraction of sp³-hybridized carbons (Fsp3) is 0.308. The molecule has 0 saturated carbocycles. The van der Waals surface area contributed by atoms with Crippen molar-refractivity contribution in [3.05, 3.63) is 41.1 Å². The number of alkyl halides is 3. The van der Waals surface area contributed by atoms with Crippen LogP contribution in [0.4, 0.5) is 13.2 Å². The van der Waals surface area contributed by atoms with Crippen LogP contribution in [0.2, 0.25) is 0 Å². The van der Waals surface area contributed by atoms with Crippen molar-refractivity contribution in [3.63, 3.8) is 0 Å². The van der Waals surface area contributed by atoms with Gasteiger partial charge < -0.3 is 0 Å². The van der Waals surface area contributed by atoms with Crippen molar-refractivity contribution in [2.75, 3.05) is 0 Å². The highest BCUT2D eigenvalue weighted by molar-refractivity contribution is 7.15. The lowest BCUT2D eigenvalue weighted by molar-refractivity contribution is -0.137. The number of hydrogen-bond donors (Lipinski definition) is 0. The van der Waals surface area contributed by atoms with Crippen molar-refractivity contribution >= 4 is 20.1 Å². The van der Waals surface area contributed by atoms with E-state index in [1.165, 1.54) is 12.1 Å². The summed E-state index contributed by atoms with van der Waals surface area (Å²) < 4.78 is 38.0. The van der Waals surface area contributed by atoms with E-state index in [1.807, 2.05) is 13.0 Å². The zero-order valence-corrected chi connectivity index (χ0v) is 11.0. The van der Waals surface area contributed by atoms with Gasteiger partial charge in [-0.05, 0) is 36.2 Å².